The van der Waals surface area contributed by atoms with Crippen LogP contribution in [0.25, 0.3) is 16.9 Å². The van der Waals surface area contributed by atoms with E-state index >= 15 is 0 Å². The number of hydrogen-bond acceptors (Lipinski definition) is 3. The van der Waals surface area contributed by atoms with Gasteiger partial charge in [0.15, 0.2) is 11.4 Å². The van der Waals surface area contributed by atoms with Gasteiger partial charge >= 0.3 is 0 Å². The lowest BCUT2D eigenvalue weighted by Crippen LogP contribution is -2.06. The summed E-state index contributed by atoms with van der Waals surface area (Å²) in [5.41, 5.74) is 2.88. The monoisotopic (exact) mass is 455 g/mol. The van der Waals surface area contributed by atoms with Gasteiger partial charge in [0.1, 0.15) is 15.1 Å². The number of imidazole rings is 1. The van der Waals surface area contributed by atoms with Crippen LogP contribution < -0.4 is 0 Å². The highest BCUT2D eigenvalue weighted by Gasteiger charge is 2.15. The fourth-order valence-corrected chi connectivity index (χ4v) is 3.01. The molecule has 0 aliphatic carbocycles. The highest BCUT2D eigenvalue weighted by molar-refractivity contribution is 14.1. The van der Waals surface area contributed by atoms with Crippen molar-refractivity contribution in [2.24, 2.45) is 0 Å². The molecular formula is C15H11BrIN3O. The summed E-state index contributed by atoms with van der Waals surface area (Å²) >= 11 is 5.67. The molecule has 0 unspecified atom stereocenters. The Morgan fingerprint density at radius 2 is 2.24 bits per heavy atom. The lowest BCUT2D eigenvalue weighted by Gasteiger charge is -2.07. The molecule has 6 heteroatoms. The van der Waals surface area contributed by atoms with E-state index in [9.17, 15) is 4.79 Å². The van der Waals surface area contributed by atoms with Crippen LogP contribution in [0.2, 0.25) is 0 Å². The molecule has 0 saturated heterocycles. The third-order valence-electron chi connectivity index (χ3n) is 3.15. The molecule has 0 aliphatic rings. The number of nitrogens with zero attached hydrogens (tertiary/aromatic N) is 3. The molecule has 2 aromatic heterocycles. The van der Waals surface area contributed by atoms with Crippen LogP contribution in [0.5, 0.6) is 0 Å². The van der Waals surface area contributed by atoms with E-state index in [1.807, 2.05) is 35.6 Å². The van der Waals surface area contributed by atoms with E-state index in [1.54, 1.807) is 12.4 Å². The average Bonchev–Trinajstić information content (AvgIpc) is 2.87. The standard InChI is InChI=1S/C15H11BrIN3O/c1-2-12(21)11-8-20-13(17)7-18-15(20)14(19-11)9-4-3-5-10(16)6-9/h3-8H,2H2,1H3. The molecule has 3 rings (SSSR count). The number of hydrogen-bond donors (Lipinski definition) is 0. The molecule has 0 atom stereocenters. The van der Waals surface area contributed by atoms with Crippen molar-refractivity contribution < 1.29 is 4.79 Å². The Morgan fingerprint density at radius 1 is 1.43 bits per heavy atom. The molecule has 0 fully saturated rings. The number of carbonyl (C=O) groups excluding carboxylic acids is 1. The zero-order valence-electron chi connectivity index (χ0n) is 11.2. The zero-order valence-corrected chi connectivity index (χ0v) is 14.9. The second kappa shape index (κ2) is 5.84. The van der Waals surface area contributed by atoms with Gasteiger partial charge in [0, 0.05) is 22.7 Å². The van der Waals surface area contributed by atoms with Crippen molar-refractivity contribution in [1.29, 1.82) is 0 Å². The van der Waals surface area contributed by atoms with Crippen molar-refractivity contribution in [3.05, 3.63) is 50.5 Å². The van der Waals surface area contributed by atoms with Gasteiger partial charge in [-0.15, -0.1) is 0 Å². The van der Waals surface area contributed by atoms with Gasteiger partial charge in [0.25, 0.3) is 0 Å². The molecule has 0 radical (unpaired) electrons. The van der Waals surface area contributed by atoms with E-state index in [1.165, 1.54) is 0 Å². The Morgan fingerprint density at radius 3 is 2.95 bits per heavy atom. The Hall–Kier alpha value is -1.28. The van der Waals surface area contributed by atoms with Crippen molar-refractivity contribution in [2.75, 3.05) is 0 Å². The summed E-state index contributed by atoms with van der Waals surface area (Å²) in [6.07, 6.45) is 3.97. The lowest BCUT2D eigenvalue weighted by molar-refractivity contribution is 0.0983. The predicted octanol–water partition coefficient (Wildman–Crippen LogP) is 4.36. The molecule has 0 saturated carbocycles. The molecule has 2 heterocycles. The largest absolute Gasteiger partial charge is 0.292 e. The number of carbonyl (C=O) groups is 1. The normalized spacial score (nSPS) is 11.0. The fourth-order valence-electron chi connectivity index (χ4n) is 2.10. The molecule has 0 aliphatic heterocycles. The van der Waals surface area contributed by atoms with Crippen LogP contribution in [-0.2, 0) is 0 Å². The van der Waals surface area contributed by atoms with Gasteiger partial charge in [-0.3, -0.25) is 9.20 Å². The Kier molecular flexibility index (Phi) is 4.08. The van der Waals surface area contributed by atoms with Crippen molar-refractivity contribution in [3.63, 3.8) is 0 Å². The third kappa shape index (κ3) is 2.74. The van der Waals surface area contributed by atoms with Crippen molar-refractivity contribution in [2.45, 2.75) is 13.3 Å². The smallest absolute Gasteiger partial charge is 0.182 e. The first-order valence-corrected chi connectivity index (χ1v) is 8.30. The molecule has 0 spiro atoms. The van der Waals surface area contributed by atoms with Crippen molar-refractivity contribution >= 4 is 50.0 Å². The van der Waals surface area contributed by atoms with Crippen LogP contribution in [0.15, 0.2) is 41.1 Å². The molecule has 106 valence electrons. The fraction of sp³-hybridized carbons (Fsp3) is 0.133. The van der Waals surface area contributed by atoms with E-state index in [0.717, 1.165) is 25.1 Å². The van der Waals surface area contributed by atoms with Gasteiger partial charge in [-0.25, -0.2) is 9.97 Å². The predicted molar refractivity (Wildman–Crippen MR) is 93.5 cm³/mol. The van der Waals surface area contributed by atoms with Crippen LogP contribution in [0, 0.1) is 3.70 Å². The quantitative estimate of drug-likeness (QED) is 0.435. The molecule has 1 aromatic carbocycles. The summed E-state index contributed by atoms with van der Waals surface area (Å²) in [4.78, 5) is 21.0. The maximum atomic E-state index is 12.0. The van der Waals surface area contributed by atoms with Crippen LogP contribution in [0.4, 0.5) is 0 Å². The highest BCUT2D eigenvalue weighted by atomic mass is 127. The summed E-state index contributed by atoms with van der Waals surface area (Å²) in [5, 5.41) is 0. The zero-order chi connectivity index (χ0) is 15.0. The molecular weight excluding hydrogens is 445 g/mol. The van der Waals surface area contributed by atoms with E-state index < -0.39 is 0 Å². The van der Waals surface area contributed by atoms with Crippen LogP contribution >= 0.6 is 38.5 Å². The molecule has 0 amide bonds. The molecule has 21 heavy (non-hydrogen) atoms. The Balaban J connectivity index is 2.32. The second-order valence-electron chi connectivity index (χ2n) is 4.54. The molecule has 0 bridgehead atoms. The van der Waals surface area contributed by atoms with Crippen LogP contribution in [0.3, 0.4) is 0 Å². The topological polar surface area (TPSA) is 47.3 Å². The van der Waals surface area contributed by atoms with Gasteiger partial charge in [0.2, 0.25) is 0 Å². The van der Waals surface area contributed by atoms with Crippen LogP contribution in [-0.4, -0.2) is 20.2 Å². The number of aromatic nitrogens is 3. The van der Waals surface area contributed by atoms with E-state index in [-0.39, 0.29) is 5.78 Å². The number of benzene rings is 1. The second-order valence-corrected chi connectivity index (χ2v) is 6.56. The Bertz CT molecular complexity index is 844. The van der Waals surface area contributed by atoms with Gasteiger partial charge < -0.3 is 0 Å². The van der Waals surface area contributed by atoms with Gasteiger partial charge in [-0.2, -0.15) is 0 Å². The third-order valence-corrected chi connectivity index (χ3v) is 4.44. The first-order chi connectivity index (χ1) is 10.1. The summed E-state index contributed by atoms with van der Waals surface area (Å²) < 4.78 is 3.83. The van der Waals surface area contributed by atoms with E-state index in [0.29, 0.717) is 12.1 Å². The van der Waals surface area contributed by atoms with Gasteiger partial charge in [0.05, 0.1) is 6.20 Å². The molecule has 4 nitrogen and oxygen atoms in total. The molecule has 3 aromatic rings. The van der Waals surface area contributed by atoms with Crippen molar-refractivity contribution in [3.8, 4) is 11.3 Å². The summed E-state index contributed by atoms with van der Waals surface area (Å²) in [7, 11) is 0. The van der Waals surface area contributed by atoms with E-state index in [2.05, 4.69) is 48.5 Å². The minimum atomic E-state index is 0.0256. The number of Topliss-reactive ketones (excluding diaryl/α,β-unsaturated/α-hetero) is 1. The minimum Gasteiger partial charge on any atom is -0.292 e. The summed E-state index contributed by atoms with van der Waals surface area (Å²) in [5.74, 6) is 0.0256. The van der Waals surface area contributed by atoms with Gasteiger partial charge in [-0.1, -0.05) is 35.0 Å². The lowest BCUT2D eigenvalue weighted by atomic mass is 10.1. The number of halogens is 2. The number of rotatable bonds is 3. The SMILES string of the molecule is CCC(=O)c1cn2c(I)cnc2c(-c2cccc(Br)c2)n1. The maximum absolute atomic E-state index is 12.0. The summed E-state index contributed by atoms with van der Waals surface area (Å²) in [6.45, 7) is 1.84. The van der Waals surface area contributed by atoms with Crippen molar-refractivity contribution in [1.82, 2.24) is 14.4 Å². The van der Waals surface area contributed by atoms with E-state index in [4.69, 9.17) is 0 Å². The number of fused-ring (bicyclic) bond motifs is 1. The summed E-state index contributed by atoms with van der Waals surface area (Å²) in [6, 6.07) is 7.84. The van der Waals surface area contributed by atoms with Gasteiger partial charge in [-0.05, 0) is 34.7 Å². The Labute approximate surface area is 143 Å². The highest BCUT2D eigenvalue weighted by Crippen LogP contribution is 2.26. The maximum Gasteiger partial charge on any atom is 0.182 e. The first-order valence-electron chi connectivity index (χ1n) is 6.43. The first kappa shape index (κ1) is 14.6. The van der Waals surface area contributed by atoms with Crippen LogP contribution in [0.1, 0.15) is 23.8 Å². The molecule has 0 N–H and O–H groups in total. The minimum absolute atomic E-state index is 0.0256. The number of ketones is 1. The average molecular weight is 456 g/mol.